The number of hydrogen-bond donors (Lipinski definition) is 0. The molecule has 0 atom stereocenters. The maximum atomic E-state index is 12.0. The van der Waals surface area contributed by atoms with Gasteiger partial charge in [0, 0.05) is 16.8 Å². The largest absolute Gasteiger partial charge is 0.457 e. The van der Waals surface area contributed by atoms with Crippen LogP contribution in [0.4, 0.5) is 0 Å². The monoisotopic (exact) mass is 358 g/mol. The summed E-state index contributed by atoms with van der Waals surface area (Å²) in [5, 5.41) is 0.549. The predicted octanol–water partition coefficient (Wildman–Crippen LogP) is 3.75. The molecule has 0 saturated heterocycles. The van der Waals surface area contributed by atoms with Crippen molar-refractivity contribution in [2.45, 2.75) is 11.5 Å². The van der Waals surface area contributed by atoms with Gasteiger partial charge in [0.05, 0.1) is 15.5 Å². The summed E-state index contributed by atoms with van der Waals surface area (Å²) in [4.78, 5) is 11.9. The molecule has 0 unspecified atom stereocenters. The van der Waals surface area contributed by atoms with Gasteiger partial charge in [-0.25, -0.2) is 13.2 Å². The SMILES string of the molecule is CS(=O)(=O)c1cc(C(=O)OCc2ccccc2Cl)ccc1Cl. The average molecular weight is 359 g/mol. The van der Waals surface area contributed by atoms with Gasteiger partial charge in [-0.3, -0.25) is 0 Å². The van der Waals surface area contributed by atoms with Gasteiger partial charge < -0.3 is 4.74 Å². The molecule has 2 aromatic rings. The minimum Gasteiger partial charge on any atom is -0.457 e. The normalized spacial score (nSPS) is 11.2. The summed E-state index contributed by atoms with van der Waals surface area (Å²) in [6, 6.07) is 10.9. The summed E-state index contributed by atoms with van der Waals surface area (Å²) < 4.78 is 28.3. The number of hydrogen-bond acceptors (Lipinski definition) is 4. The third kappa shape index (κ3) is 4.00. The van der Waals surface area contributed by atoms with Crippen molar-refractivity contribution in [3.8, 4) is 0 Å². The highest BCUT2D eigenvalue weighted by Crippen LogP contribution is 2.23. The van der Waals surface area contributed by atoms with Crippen LogP contribution in [0.1, 0.15) is 15.9 Å². The Morgan fingerprint density at radius 2 is 1.77 bits per heavy atom. The Morgan fingerprint density at radius 3 is 2.41 bits per heavy atom. The van der Waals surface area contributed by atoms with E-state index in [1.165, 1.54) is 18.2 Å². The minimum atomic E-state index is -3.52. The fraction of sp³-hybridized carbons (Fsp3) is 0.133. The van der Waals surface area contributed by atoms with Crippen molar-refractivity contribution in [1.82, 2.24) is 0 Å². The molecule has 22 heavy (non-hydrogen) atoms. The highest BCUT2D eigenvalue weighted by Gasteiger charge is 2.16. The van der Waals surface area contributed by atoms with Gasteiger partial charge in [-0.05, 0) is 24.3 Å². The number of esters is 1. The van der Waals surface area contributed by atoms with E-state index in [2.05, 4.69) is 0 Å². The summed E-state index contributed by atoms with van der Waals surface area (Å²) in [7, 11) is -3.52. The van der Waals surface area contributed by atoms with Crippen LogP contribution in [0.5, 0.6) is 0 Å². The molecular formula is C15H12Cl2O4S. The Balaban J connectivity index is 2.19. The number of ether oxygens (including phenoxy) is 1. The molecular weight excluding hydrogens is 347 g/mol. The third-order valence-corrected chi connectivity index (χ3v) is 4.83. The Kier molecular flexibility index (Phi) is 5.11. The number of sulfone groups is 1. The van der Waals surface area contributed by atoms with Crippen LogP contribution < -0.4 is 0 Å². The Hall–Kier alpha value is -1.56. The van der Waals surface area contributed by atoms with Crippen molar-refractivity contribution in [2.24, 2.45) is 0 Å². The van der Waals surface area contributed by atoms with Crippen LogP contribution in [0.15, 0.2) is 47.4 Å². The van der Waals surface area contributed by atoms with Crippen LogP contribution in [-0.4, -0.2) is 20.6 Å². The van der Waals surface area contributed by atoms with Gasteiger partial charge in [0.15, 0.2) is 9.84 Å². The first kappa shape index (κ1) is 16.8. The van der Waals surface area contributed by atoms with E-state index >= 15 is 0 Å². The molecule has 2 rings (SSSR count). The van der Waals surface area contributed by atoms with Gasteiger partial charge >= 0.3 is 5.97 Å². The number of carbonyl (C=O) groups excluding carboxylic acids is 1. The van der Waals surface area contributed by atoms with Gasteiger partial charge in [0.2, 0.25) is 0 Å². The molecule has 0 N–H and O–H groups in total. The smallest absolute Gasteiger partial charge is 0.338 e. The zero-order chi connectivity index (χ0) is 16.3. The fourth-order valence-electron chi connectivity index (χ4n) is 1.76. The van der Waals surface area contributed by atoms with E-state index in [1.807, 2.05) is 0 Å². The summed E-state index contributed by atoms with van der Waals surface area (Å²) in [6.07, 6.45) is 1.02. The first-order valence-electron chi connectivity index (χ1n) is 6.19. The van der Waals surface area contributed by atoms with Crippen LogP contribution in [0.3, 0.4) is 0 Å². The standard InChI is InChI=1S/C15H12Cl2O4S/c1-22(19,20)14-8-10(6-7-13(14)17)15(18)21-9-11-4-2-3-5-12(11)16/h2-8H,9H2,1H3. The second kappa shape index (κ2) is 6.69. The van der Waals surface area contributed by atoms with Crippen molar-refractivity contribution in [2.75, 3.05) is 6.26 Å². The van der Waals surface area contributed by atoms with Crippen molar-refractivity contribution in [1.29, 1.82) is 0 Å². The lowest BCUT2D eigenvalue weighted by atomic mass is 10.2. The summed E-state index contributed by atoms with van der Waals surface area (Å²) in [5.41, 5.74) is 0.770. The lowest BCUT2D eigenvalue weighted by Crippen LogP contribution is -2.07. The minimum absolute atomic E-state index is 0.00462. The van der Waals surface area contributed by atoms with Gasteiger partial charge in [0.1, 0.15) is 6.61 Å². The summed E-state index contributed by atoms with van der Waals surface area (Å²) >= 11 is 11.8. The molecule has 116 valence electrons. The van der Waals surface area contributed by atoms with Crippen LogP contribution in [0.25, 0.3) is 0 Å². The summed E-state index contributed by atoms with van der Waals surface area (Å²) in [5.74, 6) is -0.651. The molecule has 0 aliphatic heterocycles. The molecule has 0 aliphatic carbocycles. The highest BCUT2D eigenvalue weighted by molar-refractivity contribution is 7.90. The first-order chi connectivity index (χ1) is 10.3. The van der Waals surface area contributed by atoms with Crippen molar-refractivity contribution >= 4 is 39.0 Å². The average Bonchev–Trinajstić information content (AvgIpc) is 2.45. The maximum absolute atomic E-state index is 12.0. The Labute approximate surface area is 138 Å². The van der Waals surface area contributed by atoms with E-state index in [9.17, 15) is 13.2 Å². The zero-order valence-corrected chi connectivity index (χ0v) is 13.9. The fourth-order valence-corrected chi connectivity index (χ4v) is 3.25. The second-order valence-electron chi connectivity index (χ2n) is 4.58. The molecule has 0 saturated carbocycles. The van der Waals surface area contributed by atoms with E-state index in [-0.39, 0.29) is 22.1 Å². The quantitative estimate of drug-likeness (QED) is 0.780. The lowest BCUT2D eigenvalue weighted by Gasteiger charge is -2.08. The van der Waals surface area contributed by atoms with Crippen LogP contribution >= 0.6 is 23.2 Å². The molecule has 4 nitrogen and oxygen atoms in total. The van der Waals surface area contributed by atoms with Gasteiger partial charge in [-0.1, -0.05) is 41.4 Å². The van der Waals surface area contributed by atoms with Crippen molar-refractivity contribution in [3.63, 3.8) is 0 Å². The Bertz CT molecular complexity index is 816. The molecule has 0 spiro atoms. The van der Waals surface area contributed by atoms with E-state index in [1.54, 1.807) is 24.3 Å². The van der Waals surface area contributed by atoms with Gasteiger partial charge in [-0.15, -0.1) is 0 Å². The van der Waals surface area contributed by atoms with Gasteiger partial charge in [0.25, 0.3) is 0 Å². The van der Waals surface area contributed by atoms with E-state index in [0.29, 0.717) is 10.6 Å². The second-order valence-corrected chi connectivity index (χ2v) is 7.38. The molecule has 0 bridgehead atoms. The maximum Gasteiger partial charge on any atom is 0.338 e. The highest BCUT2D eigenvalue weighted by atomic mass is 35.5. The number of carbonyl (C=O) groups is 1. The molecule has 7 heteroatoms. The molecule has 0 aromatic heterocycles. The third-order valence-electron chi connectivity index (χ3n) is 2.88. The first-order valence-corrected chi connectivity index (χ1v) is 8.84. The lowest BCUT2D eigenvalue weighted by molar-refractivity contribution is 0.0472. The van der Waals surface area contributed by atoms with Crippen LogP contribution in [0, 0.1) is 0 Å². The zero-order valence-electron chi connectivity index (χ0n) is 11.5. The summed E-state index contributed by atoms with van der Waals surface area (Å²) in [6.45, 7) is -0.00462. The van der Waals surface area contributed by atoms with Crippen LogP contribution in [0.2, 0.25) is 10.0 Å². The molecule has 0 amide bonds. The molecule has 0 aliphatic rings. The number of benzene rings is 2. The molecule has 0 radical (unpaired) electrons. The molecule has 2 aromatic carbocycles. The number of halogens is 2. The molecule has 0 heterocycles. The Morgan fingerprint density at radius 1 is 1.09 bits per heavy atom. The van der Waals surface area contributed by atoms with E-state index in [4.69, 9.17) is 27.9 Å². The van der Waals surface area contributed by atoms with Gasteiger partial charge in [-0.2, -0.15) is 0 Å². The van der Waals surface area contributed by atoms with Crippen molar-refractivity contribution in [3.05, 3.63) is 63.6 Å². The predicted molar refractivity (Wildman–Crippen MR) is 85.1 cm³/mol. The van der Waals surface area contributed by atoms with Crippen molar-refractivity contribution < 1.29 is 17.9 Å². The van der Waals surface area contributed by atoms with Crippen LogP contribution in [-0.2, 0) is 21.2 Å². The number of rotatable bonds is 4. The van der Waals surface area contributed by atoms with E-state index in [0.717, 1.165) is 6.26 Å². The topological polar surface area (TPSA) is 60.4 Å². The van der Waals surface area contributed by atoms with E-state index < -0.39 is 15.8 Å². The molecule has 0 fully saturated rings.